The highest BCUT2D eigenvalue weighted by Crippen LogP contribution is 2.67. The van der Waals surface area contributed by atoms with Gasteiger partial charge in [-0.3, -0.25) is 0 Å². The van der Waals surface area contributed by atoms with Crippen LogP contribution in [-0.4, -0.2) is 43.3 Å². The molecule has 0 aromatic heterocycles. The maximum atomic E-state index is 10.2. The van der Waals surface area contributed by atoms with E-state index in [1.165, 1.54) is 44.9 Å². The van der Waals surface area contributed by atoms with Crippen molar-refractivity contribution in [3.63, 3.8) is 0 Å². The minimum absolute atomic E-state index is 0.0948. The van der Waals surface area contributed by atoms with Crippen molar-refractivity contribution < 1.29 is 5.11 Å². The maximum absolute atomic E-state index is 10.2. The lowest BCUT2D eigenvalue weighted by atomic mass is 9.47. The van der Waals surface area contributed by atoms with Crippen LogP contribution in [0.4, 0.5) is 0 Å². The van der Waals surface area contributed by atoms with Crippen LogP contribution < -0.4 is 5.73 Å². The Bertz CT molecular complexity index is 601. The molecule has 3 nitrogen and oxygen atoms in total. The second-order valence-electron chi connectivity index (χ2n) is 11.5. The molecular formula is C25H44N2O. The number of nitrogens with zero attached hydrogens (tertiary/aromatic N) is 1. The number of aliphatic hydroxyl groups excluding tert-OH is 1. The molecule has 3 N–H and O–H groups in total. The highest BCUT2D eigenvalue weighted by atomic mass is 16.3. The summed E-state index contributed by atoms with van der Waals surface area (Å²) in [6.45, 7) is 7.19. The molecule has 0 aromatic rings. The molecule has 3 fully saturated rings. The fourth-order valence-electron chi connectivity index (χ4n) is 8.36. The predicted octanol–water partition coefficient (Wildman–Crippen LogP) is 4.45. The third kappa shape index (κ3) is 3.30. The first-order valence-corrected chi connectivity index (χ1v) is 12.0. The van der Waals surface area contributed by atoms with E-state index in [1.807, 2.05) is 0 Å². The van der Waals surface area contributed by atoms with Gasteiger partial charge in [0, 0.05) is 0 Å². The van der Waals surface area contributed by atoms with Crippen molar-refractivity contribution in [1.82, 2.24) is 4.90 Å². The molecule has 8 atom stereocenters. The third-order valence-corrected chi connectivity index (χ3v) is 9.97. The summed E-state index contributed by atoms with van der Waals surface area (Å²) in [5.41, 5.74) is 8.77. The van der Waals surface area contributed by atoms with Gasteiger partial charge in [0.2, 0.25) is 0 Å². The summed E-state index contributed by atoms with van der Waals surface area (Å²) >= 11 is 0. The second kappa shape index (κ2) is 7.71. The SMILES string of the molecule is CN(C)CCC(CN)[C@H]1CC[C@H]2[C@@H]3CC=C4C[C@@H](O)CC[C@]4(C)[C@H]3CC[C@]12C. The number of rotatable bonds is 5. The molecule has 160 valence electrons. The fraction of sp³-hybridized carbons (Fsp3) is 0.920. The molecule has 1 unspecified atom stereocenters. The van der Waals surface area contributed by atoms with Gasteiger partial charge >= 0.3 is 0 Å². The molecule has 0 aliphatic heterocycles. The fourth-order valence-corrected chi connectivity index (χ4v) is 8.36. The summed E-state index contributed by atoms with van der Waals surface area (Å²) in [5, 5.41) is 10.2. The van der Waals surface area contributed by atoms with Crippen molar-refractivity contribution >= 4 is 0 Å². The van der Waals surface area contributed by atoms with Gasteiger partial charge in [-0.1, -0.05) is 25.5 Å². The first-order chi connectivity index (χ1) is 13.3. The van der Waals surface area contributed by atoms with E-state index in [9.17, 15) is 5.11 Å². The number of hydrogen-bond donors (Lipinski definition) is 2. The Hall–Kier alpha value is -0.380. The zero-order valence-corrected chi connectivity index (χ0v) is 18.8. The van der Waals surface area contributed by atoms with E-state index >= 15 is 0 Å². The van der Waals surface area contributed by atoms with Crippen LogP contribution in [0.1, 0.15) is 71.6 Å². The van der Waals surface area contributed by atoms with Crippen LogP contribution in [0.15, 0.2) is 11.6 Å². The molecule has 4 rings (SSSR count). The quantitative estimate of drug-likeness (QED) is 0.684. The third-order valence-electron chi connectivity index (χ3n) is 9.97. The minimum atomic E-state index is -0.0948. The number of allylic oxidation sites excluding steroid dienone is 1. The van der Waals surface area contributed by atoms with E-state index in [2.05, 4.69) is 38.9 Å². The Labute approximate surface area is 173 Å². The Morgan fingerprint density at radius 2 is 1.93 bits per heavy atom. The lowest BCUT2D eigenvalue weighted by Gasteiger charge is -2.58. The maximum Gasteiger partial charge on any atom is 0.0577 e. The van der Waals surface area contributed by atoms with E-state index in [0.29, 0.717) is 16.7 Å². The van der Waals surface area contributed by atoms with Crippen molar-refractivity contribution in [3.05, 3.63) is 11.6 Å². The molecule has 0 amide bonds. The Balaban J connectivity index is 1.55. The van der Waals surface area contributed by atoms with Gasteiger partial charge in [-0.15, -0.1) is 0 Å². The van der Waals surface area contributed by atoms with Crippen molar-refractivity contribution in [1.29, 1.82) is 0 Å². The van der Waals surface area contributed by atoms with Crippen LogP contribution in [-0.2, 0) is 0 Å². The van der Waals surface area contributed by atoms with Crippen molar-refractivity contribution in [3.8, 4) is 0 Å². The van der Waals surface area contributed by atoms with E-state index in [4.69, 9.17) is 5.73 Å². The van der Waals surface area contributed by atoms with Gasteiger partial charge < -0.3 is 15.7 Å². The minimum Gasteiger partial charge on any atom is -0.393 e. The molecule has 4 aliphatic rings. The zero-order valence-electron chi connectivity index (χ0n) is 18.8. The number of nitrogens with two attached hydrogens (primary N) is 1. The number of fused-ring (bicyclic) bond motifs is 5. The summed E-state index contributed by atoms with van der Waals surface area (Å²) in [6, 6.07) is 0. The molecule has 3 saturated carbocycles. The highest BCUT2D eigenvalue weighted by Gasteiger charge is 2.59. The Morgan fingerprint density at radius 3 is 2.64 bits per heavy atom. The Kier molecular flexibility index (Phi) is 5.74. The summed E-state index contributed by atoms with van der Waals surface area (Å²) in [5.74, 6) is 4.08. The molecule has 0 radical (unpaired) electrons. The van der Waals surface area contributed by atoms with Gasteiger partial charge in [0.25, 0.3) is 0 Å². The summed E-state index contributed by atoms with van der Waals surface area (Å²) in [4.78, 5) is 2.32. The highest BCUT2D eigenvalue weighted by molar-refractivity contribution is 5.25. The summed E-state index contributed by atoms with van der Waals surface area (Å²) < 4.78 is 0. The van der Waals surface area contributed by atoms with E-state index in [-0.39, 0.29) is 6.10 Å². The van der Waals surface area contributed by atoms with Gasteiger partial charge in [-0.05, 0) is 125 Å². The van der Waals surface area contributed by atoms with Crippen LogP contribution in [0, 0.1) is 40.4 Å². The van der Waals surface area contributed by atoms with E-state index in [1.54, 1.807) is 5.57 Å². The first kappa shape index (κ1) is 20.9. The average Bonchev–Trinajstić information content (AvgIpc) is 3.00. The van der Waals surface area contributed by atoms with Crippen molar-refractivity contribution in [2.24, 2.45) is 46.2 Å². The summed E-state index contributed by atoms with van der Waals surface area (Å²) in [7, 11) is 4.37. The average molecular weight is 389 g/mol. The monoisotopic (exact) mass is 388 g/mol. The van der Waals surface area contributed by atoms with Gasteiger partial charge in [0.1, 0.15) is 0 Å². The zero-order chi connectivity index (χ0) is 20.1. The number of aliphatic hydroxyl groups is 1. The normalized spacial score (nSPS) is 46.5. The van der Waals surface area contributed by atoms with Gasteiger partial charge in [0.15, 0.2) is 0 Å². The molecule has 0 aromatic carbocycles. The van der Waals surface area contributed by atoms with Crippen LogP contribution in [0.3, 0.4) is 0 Å². The van der Waals surface area contributed by atoms with Gasteiger partial charge in [0.05, 0.1) is 6.10 Å². The topological polar surface area (TPSA) is 49.5 Å². The van der Waals surface area contributed by atoms with Crippen molar-refractivity contribution in [2.45, 2.75) is 77.7 Å². The largest absolute Gasteiger partial charge is 0.393 e. The summed E-state index contributed by atoms with van der Waals surface area (Å²) in [6.07, 6.45) is 13.7. The first-order valence-electron chi connectivity index (χ1n) is 12.0. The predicted molar refractivity (Wildman–Crippen MR) is 117 cm³/mol. The smallest absolute Gasteiger partial charge is 0.0577 e. The van der Waals surface area contributed by atoms with Gasteiger partial charge in [-0.25, -0.2) is 0 Å². The molecule has 0 saturated heterocycles. The van der Waals surface area contributed by atoms with Crippen molar-refractivity contribution in [2.75, 3.05) is 27.2 Å². The Morgan fingerprint density at radius 1 is 1.14 bits per heavy atom. The molecular weight excluding hydrogens is 344 g/mol. The number of hydrogen-bond acceptors (Lipinski definition) is 3. The van der Waals surface area contributed by atoms with Crippen LogP contribution >= 0.6 is 0 Å². The van der Waals surface area contributed by atoms with E-state index in [0.717, 1.165) is 49.6 Å². The van der Waals surface area contributed by atoms with Crippen LogP contribution in [0.5, 0.6) is 0 Å². The molecule has 3 heteroatoms. The molecule has 0 bridgehead atoms. The lowest BCUT2D eigenvalue weighted by molar-refractivity contribution is -0.0580. The molecule has 0 heterocycles. The van der Waals surface area contributed by atoms with Crippen LogP contribution in [0.25, 0.3) is 0 Å². The van der Waals surface area contributed by atoms with Crippen LogP contribution in [0.2, 0.25) is 0 Å². The molecule has 4 aliphatic carbocycles. The van der Waals surface area contributed by atoms with E-state index < -0.39 is 0 Å². The standard InChI is InChI=1S/C25H44N2O/c1-24-12-9-19(28)15-18(24)5-6-20-22-8-7-21(17(16-26)11-14-27(3)4)25(22,2)13-10-23(20)24/h5,17,19-23,28H,6-16,26H2,1-4H3/t17?,19-,20-,21+,22-,23-,24-,25+/m0/s1. The van der Waals surface area contributed by atoms with Gasteiger partial charge in [-0.2, -0.15) is 0 Å². The lowest BCUT2D eigenvalue weighted by Crippen LogP contribution is -2.51. The molecule has 28 heavy (non-hydrogen) atoms. The molecule has 0 spiro atoms. The second-order valence-corrected chi connectivity index (χ2v) is 11.5.